The first kappa shape index (κ1) is 17.8. The van der Waals surface area contributed by atoms with Crippen LogP contribution in [0.3, 0.4) is 0 Å². The Morgan fingerprint density at radius 1 is 1.00 bits per heavy atom. The average molecular weight is 376 g/mol. The molecule has 4 aliphatic carbocycles. The van der Waals surface area contributed by atoms with E-state index in [2.05, 4.69) is 17.1 Å². The van der Waals surface area contributed by atoms with Crippen LogP contribution in [0.5, 0.6) is 11.5 Å². The largest absolute Gasteiger partial charge is 0.507 e. The van der Waals surface area contributed by atoms with Crippen molar-refractivity contribution in [3.05, 3.63) is 59.2 Å². The second kappa shape index (κ2) is 6.95. The maximum absolute atomic E-state index is 10.4. The quantitative estimate of drug-likeness (QED) is 0.702. The van der Waals surface area contributed by atoms with E-state index in [1.807, 2.05) is 36.5 Å². The number of hydrogen-bond acceptors (Lipinski definition) is 3. The van der Waals surface area contributed by atoms with Crippen molar-refractivity contribution in [3.8, 4) is 11.5 Å². The van der Waals surface area contributed by atoms with Crippen molar-refractivity contribution in [1.29, 1.82) is 0 Å². The van der Waals surface area contributed by atoms with Crippen molar-refractivity contribution in [2.24, 2.45) is 22.7 Å². The SMILES string of the molecule is COc1ccc(CN=Cc2cc(C34CC5CC(CC(C5)C3)C4)ccc2O)cc1. The zero-order chi connectivity index (χ0) is 19.1. The minimum atomic E-state index is 0.326. The van der Waals surface area contributed by atoms with Gasteiger partial charge < -0.3 is 9.84 Å². The number of benzene rings is 2. The number of phenols is 1. The molecule has 4 aliphatic rings. The maximum atomic E-state index is 10.4. The van der Waals surface area contributed by atoms with Gasteiger partial charge in [-0.2, -0.15) is 0 Å². The summed E-state index contributed by atoms with van der Waals surface area (Å²) in [6, 6.07) is 14.2. The monoisotopic (exact) mass is 375 g/mol. The Kier molecular flexibility index (Phi) is 4.41. The lowest BCUT2D eigenvalue weighted by Gasteiger charge is -2.57. The fourth-order valence-electron chi connectivity index (χ4n) is 6.43. The molecule has 146 valence electrons. The first-order valence-electron chi connectivity index (χ1n) is 10.6. The number of aromatic hydroxyl groups is 1. The summed E-state index contributed by atoms with van der Waals surface area (Å²) in [5, 5.41) is 10.4. The Morgan fingerprint density at radius 2 is 1.64 bits per heavy atom. The first-order chi connectivity index (χ1) is 13.6. The number of nitrogens with zero attached hydrogens (tertiary/aromatic N) is 1. The van der Waals surface area contributed by atoms with Gasteiger partial charge in [0.1, 0.15) is 11.5 Å². The minimum absolute atomic E-state index is 0.326. The van der Waals surface area contributed by atoms with Gasteiger partial charge in [-0.25, -0.2) is 0 Å². The lowest BCUT2D eigenvalue weighted by atomic mass is 9.48. The standard InChI is InChI=1S/C25H29NO2/c1-28-23-5-2-17(3-6-23)15-26-16-21-11-22(4-7-24(21)27)25-12-18-8-19(13-25)10-20(9-18)14-25/h2-7,11,16,18-20,27H,8-10,12-15H2,1H3. The van der Waals surface area contributed by atoms with Gasteiger partial charge in [0.2, 0.25) is 0 Å². The molecule has 0 amide bonds. The highest BCUT2D eigenvalue weighted by molar-refractivity contribution is 5.83. The second-order valence-electron chi connectivity index (χ2n) is 9.29. The van der Waals surface area contributed by atoms with Crippen LogP contribution in [0.4, 0.5) is 0 Å². The Labute approximate surface area is 167 Å². The molecule has 0 heterocycles. The van der Waals surface area contributed by atoms with E-state index in [0.29, 0.717) is 17.7 Å². The fourth-order valence-corrected chi connectivity index (χ4v) is 6.43. The summed E-state index contributed by atoms with van der Waals surface area (Å²) in [6.45, 7) is 0.602. The molecule has 2 aromatic carbocycles. The smallest absolute Gasteiger partial charge is 0.124 e. The van der Waals surface area contributed by atoms with Crippen molar-refractivity contribution in [1.82, 2.24) is 0 Å². The number of aliphatic imine (C=N–C) groups is 1. The molecule has 28 heavy (non-hydrogen) atoms. The highest BCUT2D eigenvalue weighted by Crippen LogP contribution is 2.60. The normalized spacial score (nSPS) is 30.8. The maximum Gasteiger partial charge on any atom is 0.124 e. The third-order valence-corrected chi connectivity index (χ3v) is 7.34. The van der Waals surface area contributed by atoms with Crippen LogP contribution in [0.1, 0.15) is 55.2 Å². The van der Waals surface area contributed by atoms with Crippen LogP contribution in [0.25, 0.3) is 0 Å². The van der Waals surface area contributed by atoms with Gasteiger partial charge in [0.15, 0.2) is 0 Å². The van der Waals surface area contributed by atoms with Crippen LogP contribution in [0.2, 0.25) is 0 Å². The molecular formula is C25H29NO2. The molecule has 0 saturated heterocycles. The van der Waals surface area contributed by atoms with E-state index in [1.54, 1.807) is 7.11 Å². The van der Waals surface area contributed by atoms with Gasteiger partial charge in [0, 0.05) is 11.8 Å². The van der Waals surface area contributed by atoms with E-state index in [9.17, 15) is 5.11 Å². The lowest BCUT2D eigenvalue weighted by molar-refractivity contribution is -0.00520. The summed E-state index contributed by atoms with van der Waals surface area (Å²) in [5.74, 6) is 3.95. The van der Waals surface area contributed by atoms with Crippen LogP contribution in [-0.4, -0.2) is 18.4 Å². The van der Waals surface area contributed by atoms with Gasteiger partial charge in [-0.1, -0.05) is 18.2 Å². The van der Waals surface area contributed by atoms with E-state index in [1.165, 1.54) is 44.1 Å². The third kappa shape index (κ3) is 3.21. The number of hydrogen-bond donors (Lipinski definition) is 1. The summed E-state index contributed by atoms with van der Waals surface area (Å²) in [7, 11) is 1.67. The van der Waals surface area contributed by atoms with Gasteiger partial charge in [-0.05, 0) is 97.1 Å². The van der Waals surface area contributed by atoms with Gasteiger partial charge in [0.25, 0.3) is 0 Å². The molecular weight excluding hydrogens is 346 g/mol. The summed E-state index contributed by atoms with van der Waals surface area (Å²) in [4.78, 5) is 4.59. The van der Waals surface area contributed by atoms with E-state index < -0.39 is 0 Å². The van der Waals surface area contributed by atoms with Gasteiger partial charge in [-0.3, -0.25) is 4.99 Å². The molecule has 0 atom stereocenters. The minimum Gasteiger partial charge on any atom is -0.507 e. The van der Waals surface area contributed by atoms with Crippen molar-refractivity contribution in [2.45, 2.75) is 50.5 Å². The van der Waals surface area contributed by atoms with Crippen molar-refractivity contribution in [2.75, 3.05) is 7.11 Å². The second-order valence-corrected chi connectivity index (χ2v) is 9.29. The Balaban J connectivity index is 1.36. The third-order valence-electron chi connectivity index (χ3n) is 7.34. The summed E-state index contributed by atoms with van der Waals surface area (Å²) >= 11 is 0. The molecule has 3 nitrogen and oxygen atoms in total. The molecule has 0 aromatic heterocycles. The molecule has 3 heteroatoms. The lowest BCUT2D eigenvalue weighted by Crippen LogP contribution is -2.48. The zero-order valence-electron chi connectivity index (χ0n) is 16.6. The topological polar surface area (TPSA) is 41.8 Å². The number of ether oxygens (including phenoxy) is 1. The molecule has 4 fully saturated rings. The van der Waals surface area contributed by atoms with Crippen LogP contribution in [0, 0.1) is 17.8 Å². The number of phenolic OH excluding ortho intramolecular Hbond substituents is 1. The Bertz CT molecular complexity index is 849. The highest BCUT2D eigenvalue weighted by Gasteiger charge is 2.51. The van der Waals surface area contributed by atoms with E-state index in [-0.39, 0.29) is 0 Å². The zero-order valence-corrected chi connectivity index (χ0v) is 16.6. The Hall–Kier alpha value is -2.29. The molecule has 6 rings (SSSR count). The van der Waals surface area contributed by atoms with Crippen LogP contribution < -0.4 is 4.74 Å². The predicted molar refractivity (Wildman–Crippen MR) is 112 cm³/mol. The number of rotatable bonds is 5. The first-order valence-corrected chi connectivity index (χ1v) is 10.6. The summed E-state index contributed by atoms with van der Waals surface area (Å²) < 4.78 is 5.20. The van der Waals surface area contributed by atoms with Crippen LogP contribution in [-0.2, 0) is 12.0 Å². The van der Waals surface area contributed by atoms with Gasteiger partial charge in [0.05, 0.1) is 13.7 Å². The van der Waals surface area contributed by atoms with Crippen molar-refractivity contribution >= 4 is 6.21 Å². The molecule has 4 saturated carbocycles. The molecule has 4 bridgehead atoms. The molecule has 2 aromatic rings. The average Bonchev–Trinajstić information content (AvgIpc) is 2.69. The fraction of sp³-hybridized carbons (Fsp3) is 0.480. The highest BCUT2D eigenvalue weighted by atomic mass is 16.5. The van der Waals surface area contributed by atoms with Crippen LogP contribution >= 0.6 is 0 Å². The molecule has 0 radical (unpaired) electrons. The summed E-state index contributed by atoms with van der Waals surface area (Å²) in [6.07, 6.45) is 10.2. The van der Waals surface area contributed by atoms with E-state index >= 15 is 0 Å². The van der Waals surface area contributed by atoms with Gasteiger partial charge in [-0.15, -0.1) is 0 Å². The predicted octanol–water partition coefficient (Wildman–Crippen LogP) is 5.49. The Morgan fingerprint density at radius 3 is 2.25 bits per heavy atom. The van der Waals surface area contributed by atoms with Crippen molar-refractivity contribution < 1.29 is 9.84 Å². The molecule has 1 N–H and O–H groups in total. The van der Waals surface area contributed by atoms with E-state index in [0.717, 1.165) is 34.6 Å². The molecule has 0 spiro atoms. The van der Waals surface area contributed by atoms with E-state index in [4.69, 9.17) is 4.74 Å². The number of methoxy groups -OCH3 is 1. The molecule has 0 unspecified atom stereocenters. The van der Waals surface area contributed by atoms with Crippen molar-refractivity contribution in [3.63, 3.8) is 0 Å². The van der Waals surface area contributed by atoms with Crippen LogP contribution in [0.15, 0.2) is 47.5 Å². The van der Waals surface area contributed by atoms with Gasteiger partial charge >= 0.3 is 0 Å². The summed E-state index contributed by atoms with van der Waals surface area (Å²) in [5.41, 5.74) is 3.76. The molecule has 0 aliphatic heterocycles.